The summed E-state index contributed by atoms with van der Waals surface area (Å²) in [6, 6.07) is 0. The van der Waals surface area contributed by atoms with Crippen molar-refractivity contribution in [3.05, 3.63) is 11.4 Å². The summed E-state index contributed by atoms with van der Waals surface area (Å²) < 4.78 is 5.11. The van der Waals surface area contributed by atoms with Gasteiger partial charge < -0.3 is 14.5 Å². The smallest absolute Gasteiger partial charge is 0.276 e. The van der Waals surface area contributed by atoms with E-state index in [0.717, 1.165) is 25.8 Å². The maximum Gasteiger partial charge on any atom is 0.276 e. The third-order valence-electron chi connectivity index (χ3n) is 5.19. The fourth-order valence-corrected chi connectivity index (χ4v) is 3.86. The molecule has 2 aliphatic rings. The summed E-state index contributed by atoms with van der Waals surface area (Å²) in [7, 11) is 1.64. The maximum absolute atomic E-state index is 12.7. The van der Waals surface area contributed by atoms with Gasteiger partial charge >= 0.3 is 0 Å². The lowest BCUT2D eigenvalue weighted by Crippen LogP contribution is -2.55. The van der Waals surface area contributed by atoms with E-state index >= 15 is 0 Å². The quantitative estimate of drug-likeness (QED) is 0.870. The second-order valence-electron chi connectivity index (χ2n) is 6.90. The Balaban J connectivity index is 1.71. The second-order valence-corrected chi connectivity index (χ2v) is 6.90. The van der Waals surface area contributed by atoms with E-state index in [2.05, 4.69) is 15.4 Å². The average molecular weight is 335 g/mol. The molecule has 1 aromatic rings. The Bertz CT molecular complexity index is 617. The highest BCUT2D eigenvalue weighted by atomic mass is 16.5. The van der Waals surface area contributed by atoms with Crippen molar-refractivity contribution in [2.45, 2.75) is 32.6 Å². The minimum Gasteiger partial charge on any atom is -0.383 e. The van der Waals surface area contributed by atoms with Crippen molar-refractivity contribution in [1.29, 1.82) is 0 Å². The Kier molecular flexibility index (Phi) is 4.84. The standard InChI is InChI=1S/C16H25N5O3/c1-12-14(18-19-17-12)15(23)21-7-3-5-16(11-21)6-4-13(22)20(10-16)8-9-24-2/h3-11H2,1-2H3,(H,17,18,19)/t16-/m1/s1. The first kappa shape index (κ1) is 16.9. The molecule has 2 saturated heterocycles. The molecule has 1 aromatic heterocycles. The summed E-state index contributed by atoms with van der Waals surface area (Å²) >= 11 is 0. The Labute approximate surface area is 141 Å². The van der Waals surface area contributed by atoms with Gasteiger partial charge in [0.25, 0.3) is 5.91 Å². The fourth-order valence-electron chi connectivity index (χ4n) is 3.86. The highest BCUT2D eigenvalue weighted by Crippen LogP contribution is 2.39. The summed E-state index contributed by atoms with van der Waals surface area (Å²) in [5, 5.41) is 10.4. The van der Waals surface area contributed by atoms with Crippen LogP contribution >= 0.6 is 0 Å². The number of carbonyl (C=O) groups is 2. The number of likely N-dealkylation sites (tertiary alicyclic amines) is 2. The monoisotopic (exact) mass is 335 g/mol. The van der Waals surface area contributed by atoms with Crippen LogP contribution in [-0.2, 0) is 9.53 Å². The van der Waals surface area contributed by atoms with E-state index in [-0.39, 0.29) is 17.2 Å². The molecular weight excluding hydrogens is 310 g/mol. The SMILES string of the molecule is COCCN1C[C@@]2(CCCN(C(=O)c3n[nH]nc3C)C2)CCC1=O. The third kappa shape index (κ3) is 3.28. The predicted octanol–water partition coefficient (Wildman–Crippen LogP) is 0.604. The first-order chi connectivity index (χ1) is 11.5. The largest absolute Gasteiger partial charge is 0.383 e. The van der Waals surface area contributed by atoms with E-state index in [0.29, 0.717) is 44.0 Å². The summed E-state index contributed by atoms with van der Waals surface area (Å²) in [6.07, 6.45) is 3.39. The number of nitrogens with one attached hydrogen (secondary N) is 1. The minimum atomic E-state index is -0.0688. The molecule has 8 heteroatoms. The van der Waals surface area contributed by atoms with Crippen LogP contribution in [0.25, 0.3) is 0 Å². The molecule has 24 heavy (non-hydrogen) atoms. The zero-order valence-corrected chi connectivity index (χ0v) is 14.4. The number of hydrogen-bond donors (Lipinski definition) is 1. The van der Waals surface area contributed by atoms with Crippen molar-refractivity contribution < 1.29 is 14.3 Å². The van der Waals surface area contributed by atoms with Crippen LogP contribution in [-0.4, -0.2) is 76.9 Å². The highest BCUT2D eigenvalue weighted by Gasteiger charge is 2.43. The lowest BCUT2D eigenvalue weighted by Gasteiger charge is -2.48. The van der Waals surface area contributed by atoms with Gasteiger partial charge in [0, 0.05) is 45.1 Å². The van der Waals surface area contributed by atoms with Gasteiger partial charge in [-0.15, -0.1) is 0 Å². The molecule has 1 N–H and O–H groups in total. The van der Waals surface area contributed by atoms with Crippen molar-refractivity contribution in [1.82, 2.24) is 25.2 Å². The number of ether oxygens (including phenoxy) is 1. The molecule has 1 atom stereocenters. The van der Waals surface area contributed by atoms with Crippen molar-refractivity contribution in [3.8, 4) is 0 Å². The summed E-state index contributed by atoms with van der Waals surface area (Å²) in [5.74, 6) is 0.120. The number of carbonyl (C=O) groups excluding carboxylic acids is 2. The van der Waals surface area contributed by atoms with Gasteiger partial charge in [-0.2, -0.15) is 15.4 Å². The van der Waals surface area contributed by atoms with Crippen LogP contribution in [0, 0.1) is 12.3 Å². The number of aromatic nitrogens is 3. The van der Waals surface area contributed by atoms with E-state index in [9.17, 15) is 9.59 Å². The molecule has 1 spiro atoms. The Morgan fingerprint density at radius 3 is 2.88 bits per heavy atom. The molecule has 3 rings (SSSR count). The molecule has 3 heterocycles. The molecule has 0 radical (unpaired) electrons. The van der Waals surface area contributed by atoms with Crippen LogP contribution in [0.1, 0.15) is 41.9 Å². The molecular formula is C16H25N5O3. The van der Waals surface area contributed by atoms with Crippen LogP contribution in [0.2, 0.25) is 0 Å². The molecule has 0 aromatic carbocycles. The van der Waals surface area contributed by atoms with Crippen LogP contribution in [0.15, 0.2) is 0 Å². The first-order valence-corrected chi connectivity index (χ1v) is 8.48. The highest BCUT2D eigenvalue weighted by molar-refractivity contribution is 5.93. The van der Waals surface area contributed by atoms with Gasteiger partial charge in [0.1, 0.15) is 0 Å². The zero-order chi connectivity index (χ0) is 17.2. The molecule has 0 saturated carbocycles. The van der Waals surface area contributed by atoms with Crippen LogP contribution in [0.4, 0.5) is 0 Å². The molecule has 2 fully saturated rings. The summed E-state index contributed by atoms with van der Waals surface area (Å²) in [5.41, 5.74) is 1.02. The van der Waals surface area contributed by atoms with Crippen molar-refractivity contribution in [2.75, 3.05) is 39.9 Å². The predicted molar refractivity (Wildman–Crippen MR) is 86.4 cm³/mol. The molecule has 0 aliphatic carbocycles. The third-order valence-corrected chi connectivity index (χ3v) is 5.19. The number of rotatable bonds is 4. The van der Waals surface area contributed by atoms with Crippen molar-refractivity contribution in [2.24, 2.45) is 5.41 Å². The van der Waals surface area contributed by atoms with Gasteiger partial charge in [-0.1, -0.05) is 0 Å². The number of aromatic amines is 1. The number of H-pyrrole nitrogens is 1. The summed E-state index contributed by atoms with van der Waals surface area (Å²) in [6.45, 7) is 5.06. The minimum absolute atomic E-state index is 0.00674. The Morgan fingerprint density at radius 2 is 2.17 bits per heavy atom. The normalized spacial score (nSPS) is 24.7. The summed E-state index contributed by atoms with van der Waals surface area (Å²) in [4.78, 5) is 28.6. The van der Waals surface area contributed by atoms with Crippen molar-refractivity contribution in [3.63, 3.8) is 0 Å². The van der Waals surface area contributed by atoms with E-state index in [4.69, 9.17) is 4.74 Å². The average Bonchev–Trinajstić information content (AvgIpc) is 3.01. The van der Waals surface area contributed by atoms with Crippen molar-refractivity contribution >= 4 is 11.8 Å². The van der Waals surface area contributed by atoms with E-state index in [1.54, 1.807) is 14.0 Å². The molecule has 132 valence electrons. The number of piperidine rings is 2. The number of aryl methyl sites for hydroxylation is 1. The van der Waals surface area contributed by atoms with E-state index < -0.39 is 0 Å². The van der Waals surface area contributed by atoms with Crippen LogP contribution < -0.4 is 0 Å². The van der Waals surface area contributed by atoms with Gasteiger partial charge in [0.2, 0.25) is 5.91 Å². The molecule has 0 unspecified atom stereocenters. The van der Waals surface area contributed by atoms with Gasteiger partial charge in [-0.05, 0) is 26.2 Å². The van der Waals surface area contributed by atoms with Gasteiger partial charge in [0.05, 0.1) is 12.3 Å². The Morgan fingerprint density at radius 1 is 1.33 bits per heavy atom. The van der Waals surface area contributed by atoms with Crippen LogP contribution in [0.3, 0.4) is 0 Å². The molecule has 8 nitrogen and oxygen atoms in total. The number of methoxy groups -OCH3 is 1. The lowest BCUT2D eigenvalue weighted by atomic mass is 9.73. The first-order valence-electron chi connectivity index (χ1n) is 8.48. The second kappa shape index (κ2) is 6.88. The topological polar surface area (TPSA) is 91.4 Å². The van der Waals surface area contributed by atoms with Gasteiger partial charge in [0.15, 0.2) is 5.69 Å². The zero-order valence-electron chi connectivity index (χ0n) is 14.4. The lowest BCUT2D eigenvalue weighted by molar-refractivity contribution is -0.139. The number of nitrogens with zero attached hydrogens (tertiary/aromatic N) is 4. The van der Waals surface area contributed by atoms with Crippen LogP contribution in [0.5, 0.6) is 0 Å². The number of amides is 2. The van der Waals surface area contributed by atoms with E-state index in [1.165, 1.54) is 0 Å². The molecule has 0 bridgehead atoms. The number of hydrogen-bond acceptors (Lipinski definition) is 5. The molecule has 2 amide bonds. The van der Waals surface area contributed by atoms with Gasteiger partial charge in [-0.3, -0.25) is 9.59 Å². The molecule has 2 aliphatic heterocycles. The van der Waals surface area contributed by atoms with Gasteiger partial charge in [-0.25, -0.2) is 0 Å². The van der Waals surface area contributed by atoms with E-state index in [1.807, 2.05) is 9.80 Å². The Hall–Kier alpha value is -1.96. The maximum atomic E-state index is 12.7. The fraction of sp³-hybridized carbons (Fsp3) is 0.750.